The van der Waals surface area contributed by atoms with Crippen molar-refractivity contribution in [2.75, 3.05) is 13.7 Å². The summed E-state index contributed by atoms with van der Waals surface area (Å²) in [7, 11) is 1.32. The zero-order valence-electron chi connectivity index (χ0n) is 11.8. The Kier molecular flexibility index (Phi) is 5.98. The second-order valence-electron chi connectivity index (χ2n) is 4.88. The molecule has 0 bridgehead atoms. The largest absolute Gasteiger partial charge is 0.467 e. The first-order valence-corrected chi connectivity index (χ1v) is 7.93. The fourth-order valence-electron chi connectivity index (χ4n) is 2.27. The molecule has 1 amide bonds. The highest BCUT2D eigenvalue weighted by atomic mass is 127. The average Bonchev–Trinajstić information content (AvgIpc) is 3.02. The number of carbonyl (C=O) groups excluding carboxylic acids is 2. The molecule has 1 aliphatic heterocycles. The molecule has 1 saturated heterocycles. The van der Waals surface area contributed by atoms with Gasteiger partial charge < -0.3 is 14.8 Å². The van der Waals surface area contributed by atoms with E-state index in [1.165, 1.54) is 7.11 Å². The zero-order valence-corrected chi connectivity index (χ0v) is 14.0. The molecule has 6 heteroatoms. The molecule has 1 aromatic rings. The van der Waals surface area contributed by atoms with Gasteiger partial charge in [0.05, 0.1) is 7.11 Å². The number of rotatable bonds is 5. The van der Waals surface area contributed by atoms with Gasteiger partial charge in [-0.3, -0.25) is 4.79 Å². The number of carbonyl (C=O) groups is 2. The number of nitrogens with one attached hydrogen (secondary N) is 1. The van der Waals surface area contributed by atoms with Crippen molar-refractivity contribution in [1.29, 1.82) is 0 Å². The van der Waals surface area contributed by atoms with Gasteiger partial charge in [-0.2, -0.15) is 0 Å². The predicted octanol–water partition coefficient (Wildman–Crippen LogP) is 1.67. The van der Waals surface area contributed by atoms with Crippen molar-refractivity contribution in [3.63, 3.8) is 0 Å². The van der Waals surface area contributed by atoms with Crippen molar-refractivity contribution in [2.45, 2.75) is 31.4 Å². The van der Waals surface area contributed by atoms with Gasteiger partial charge in [-0.05, 0) is 47.1 Å². The molecule has 1 heterocycles. The summed E-state index contributed by atoms with van der Waals surface area (Å²) in [6, 6.07) is 7.06. The third-order valence-corrected chi connectivity index (χ3v) is 4.46. The highest BCUT2D eigenvalue weighted by Gasteiger charge is 2.29. The van der Waals surface area contributed by atoms with Crippen LogP contribution in [-0.4, -0.2) is 37.7 Å². The van der Waals surface area contributed by atoms with Crippen molar-refractivity contribution in [1.82, 2.24) is 5.32 Å². The third kappa shape index (κ3) is 4.41. The van der Waals surface area contributed by atoms with Gasteiger partial charge in [0.2, 0.25) is 5.91 Å². The van der Waals surface area contributed by atoms with Gasteiger partial charge in [-0.15, -0.1) is 0 Å². The summed E-state index contributed by atoms with van der Waals surface area (Å²) in [6.45, 7) is 0.595. The lowest BCUT2D eigenvalue weighted by Crippen LogP contribution is -2.47. The summed E-state index contributed by atoms with van der Waals surface area (Å²) in [5.74, 6) is -0.685. The van der Waals surface area contributed by atoms with Crippen LogP contribution in [0.1, 0.15) is 18.4 Å². The van der Waals surface area contributed by atoms with E-state index < -0.39 is 18.1 Å². The van der Waals surface area contributed by atoms with Crippen molar-refractivity contribution in [3.05, 3.63) is 33.4 Å². The van der Waals surface area contributed by atoms with Crippen LogP contribution in [-0.2, 0) is 25.5 Å². The minimum absolute atomic E-state index is 0.242. The quantitative estimate of drug-likeness (QED) is 0.600. The molecule has 1 aliphatic rings. The smallest absolute Gasteiger partial charge is 0.328 e. The molecule has 5 nitrogen and oxygen atoms in total. The third-order valence-electron chi connectivity index (χ3n) is 3.41. The Balaban J connectivity index is 2.06. The monoisotopic (exact) mass is 403 g/mol. The molecule has 0 saturated carbocycles. The zero-order chi connectivity index (χ0) is 15.2. The molecule has 114 valence electrons. The van der Waals surface area contributed by atoms with Gasteiger partial charge in [0.25, 0.3) is 0 Å². The lowest BCUT2D eigenvalue weighted by Gasteiger charge is -2.19. The highest BCUT2D eigenvalue weighted by molar-refractivity contribution is 14.1. The summed E-state index contributed by atoms with van der Waals surface area (Å²) in [4.78, 5) is 24.0. The van der Waals surface area contributed by atoms with E-state index >= 15 is 0 Å². The molecule has 2 atom stereocenters. The summed E-state index contributed by atoms with van der Waals surface area (Å²) in [5.41, 5.74) is 1.00. The van der Waals surface area contributed by atoms with Crippen molar-refractivity contribution in [2.24, 2.45) is 0 Å². The van der Waals surface area contributed by atoms with Crippen LogP contribution in [0.4, 0.5) is 0 Å². The number of methoxy groups -OCH3 is 1. The topological polar surface area (TPSA) is 64.6 Å². The molecule has 1 N–H and O–H groups in total. The second kappa shape index (κ2) is 7.74. The van der Waals surface area contributed by atoms with E-state index in [0.717, 1.165) is 15.6 Å². The maximum absolute atomic E-state index is 12.1. The maximum atomic E-state index is 12.1. The first-order chi connectivity index (χ1) is 10.1. The van der Waals surface area contributed by atoms with Crippen LogP contribution in [0.5, 0.6) is 0 Å². The van der Waals surface area contributed by atoms with E-state index in [4.69, 9.17) is 9.47 Å². The summed E-state index contributed by atoms with van der Waals surface area (Å²) < 4.78 is 11.2. The Morgan fingerprint density at radius 2 is 2.24 bits per heavy atom. The number of hydrogen-bond acceptors (Lipinski definition) is 4. The first-order valence-electron chi connectivity index (χ1n) is 6.85. The van der Waals surface area contributed by atoms with Crippen molar-refractivity contribution < 1.29 is 19.1 Å². The van der Waals surface area contributed by atoms with Gasteiger partial charge in [0, 0.05) is 16.6 Å². The molecule has 2 rings (SSSR count). The van der Waals surface area contributed by atoms with E-state index in [-0.39, 0.29) is 5.91 Å². The molecule has 1 fully saturated rings. The standard InChI is InChI=1S/C15H18INO4/c1-20-15(19)12(9-10-5-2-3-6-11(10)16)17-14(18)13-7-4-8-21-13/h2-3,5-6,12-13H,4,7-9H2,1H3,(H,17,18)/t12-,13-/m0/s1. The normalized spacial score (nSPS) is 19.0. The van der Waals surface area contributed by atoms with E-state index in [1.807, 2.05) is 24.3 Å². The van der Waals surface area contributed by atoms with Crippen molar-refractivity contribution >= 4 is 34.5 Å². The highest BCUT2D eigenvalue weighted by Crippen LogP contribution is 2.16. The average molecular weight is 403 g/mol. The number of halogens is 1. The molecule has 21 heavy (non-hydrogen) atoms. The van der Waals surface area contributed by atoms with Gasteiger partial charge >= 0.3 is 5.97 Å². The number of esters is 1. The SMILES string of the molecule is COC(=O)[C@H](Cc1ccccc1I)NC(=O)[C@@H]1CCCO1. The van der Waals surface area contributed by atoms with E-state index in [9.17, 15) is 9.59 Å². The van der Waals surface area contributed by atoms with Crippen molar-refractivity contribution in [3.8, 4) is 0 Å². The molecule has 0 radical (unpaired) electrons. The van der Waals surface area contributed by atoms with Gasteiger partial charge in [0.1, 0.15) is 12.1 Å². The van der Waals surface area contributed by atoms with Crippen LogP contribution in [0.25, 0.3) is 0 Å². The lowest BCUT2D eigenvalue weighted by atomic mass is 10.1. The van der Waals surface area contributed by atoms with Crippen LogP contribution < -0.4 is 5.32 Å². The van der Waals surface area contributed by atoms with Crippen LogP contribution in [0.3, 0.4) is 0 Å². The molecule has 0 aliphatic carbocycles. The summed E-state index contributed by atoms with van der Waals surface area (Å²) >= 11 is 2.21. The van der Waals surface area contributed by atoms with E-state index in [0.29, 0.717) is 19.4 Å². The summed E-state index contributed by atoms with van der Waals surface area (Å²) in [6.07, 6.45) is 1.52. The van der Waals surface area contributed by atoms with E-state index in [2.05, 4.69) is 27.9 Å². The lowest BCUT2D eigenvalue weighted by molar-refractivity contribution is -0.146. The van der Waals surface area contributed by atoms with Crippen LogP contribution in [0, 0.1) is 3.57 Å². The Labute approximate surface area is 137 Å². The first kappa shape index (κ1) is 16.2. The molecule has 0 aromatic heterocycles. The maximum Gasteiger partial charge on any atom is 0.328 e. The van der Waals surface area contributed by atoms with Crippen LogP contribution in [0.15, 0.2) is 24.3 Å². The number of ether oxygens (including phenoxy) is 2. The molecule has 1 aromatic carbocycles. The van der Waals surface area contributed by atoms with Crippen LogP contribution in [0.2, 0.25) is 0 Å². The number of benzene rings is 1. The van der Waals surface area contributed by atoms with Crippen LogP contribution >= 0.6 is 22.6 Å². The minimum Gasteiger partial charge on any atom is -0.467 e. The fraction of sp³-hybridized carbons (Fsp3) is 0.467. The molecular formula is C15H18INO4. The number of amides is 1. The second-order valence-corrected chi connectivity index (χ2v) is 6.04. The van der Waals surface area contributed by atoms with E-state index in [1.54, 1.807) is 0 Å². The van der Waals surface area contributed by atoms with Gasteiger partial charge in [0.15, 0.2) is 0 Å². The Morgan fingerprint density at radius 3 is 2.86 bits per heavy atom. The van der Waals surface area contributed by atoms with Gasteiger partial charge in [-0.1, -0.05) is 18.2 Å². The minimum atomic E-state index is -0.692. The predicted molar refractivity (Wildman–Crippen MR) is 85.8 cm³/mol. The fourth-order valence-corrected chi connectivity index (χ4v) is 2.88. The van der Waals surface area contributed by atoms with Gasteiger partial charge in [-0.25, -0.2) is 4.79 Å². The number of hydrogen-bond donors (Lipinski definition) is 1. The molecule has 0 spiro atoms. The molecular weight excluding hydrogens is 385 g/mol. The summed E-state index contributed by atoms with van der Waals surface area (Å²) in [5, 5.41) is 2.74. The Hall–Kier alpha value is -1.15. The molecule has 0 unspecified atom stereocenters. The Bertz CT molecular complexity index is 514. The Morgan fingerprint density at radius 1 is 1.48 bits per heavy atom.